The summed E-state index contributed by atoms with van der Waals surface area (Å²) in [5.41, 5.74) is 4.34. The van der Waals surface area contributed by atoms with Gasteiger partial charge in [-0.15, -0.1) is 0 Å². The van der Waals surface area contributed by atoms with Crippen LogP contribution in [0.3, 0.4) is 0 Å². The lowest BCUT2D eigenvalue weighted by Crippen LogP contribution is -1.87. The summed E-state index contributed by atoms with van der Waals surface area (Å²) in [5.74, 6) is -0.245. The fraction of sp³-hybridized carbons (Fsp3) is 0. The summed E-state index contributed by atoms with van der Waals surface area (Å²) in [6.07, 6.45) is 0. The summed E-state index contributed by atoms with van der Waals surface area (Å²) >= 11 is 8.11. The van der Waals surface area contributed by atoms with Gasteiger partial charge in [0.1, 0.15) is 5.82 Å². The van der Waals surface area contributed by atoms with E-state index in [1.807, 2.05) is 24.3 Å². The Morgan fingerprint density at radius 3 is 1.88 bits per heavy atom. The zero-order chi connectivity index (χ0) is 12.3. The van der Waals surface area contributed by atoms with Gasteiger partial charge in [0.2, 0.25) is 0 Å². The standard InChI is InChI=1S/C14H9ClFI/c15-9-14(10-1-5-12(16)6-2-10)11-3-7-13(17)8-4-11/h1-9H. The second kappa shape index (κ2) is 5.65. The van der Waals surface area contributed by atoms with E-state index < -0.39 is 0 Å². The molecule has 0 radical (unpaired) electrons. The summed E-state index contributed by atoms with van der Waals surface area (Å²) in [4.78, 5) is 0. The van der Waals surface area contributed by atoms with Crippen molar-refractivity contribution in [1.82, 2.24) is 0 Å². The maximum Gasteiger partial charge on any atom is 0.123 e. The van der Waals surface area contributed by atoms with Gasteiger partial charge in [-0.3, -0.25) is 0 Å². The van der Waals surface area contributed by atoms with Crippen LogP contribution in [0.25, 0.3) is 5.57 Å². The molecule has 17 heavy (non-hydrogen) atoms. The number of hydrogen-bond acceptors (Lipinski definition) is 0. The van der Waals surface area contributed by atoms with Gasteiger partial charge >= 0.3 is 0 Å². The monoisotopic (exact) mass is 358 g/mol. The van der Waals surface area contributed by atoms with Crippen molar-refractivity contribution >= 4 is 39.8 Å². The van der Waals surface area contributed by atoms with E-state index in [-0.39, 0.29) is 5.82 Å². The lowest BCUT2D eigenvalue weighted by molar-refractivity contribution is 0.627. The Hall–Kier alpha value is -0.870. The minimum atomic E-state index is -0.245. The number of benzene rings is 2. The summed E-state index contributed by atoms with van der Waals surface area (Å²) in [7, 11) is 0. The number of hydrogen-bond donors (Lipinski definition) is 0. The molecule has 2 aromatic carbocycles. The highest BCUT2D eigenvalue weighted by molar-refractivity contribution is 14.1. The van der Waals surface area contributed by atoms with Crippen LogP contribution in [-0.2, 0) is 0 Å². The second-order valence-corrected chi connectivity index (χ2v) is 5.00. The van der Waals surface area contributed by atoms with E-state index in [4.69, 9.17) is 11.6 Å². The molecule has 2 rings (SSSR count). The highest BCUT2D eigenvalue weighted by Crippen LogP contribution is 2.25. The predicted octanol–water partition coefficient (Wildman–Crippen LogP) is 5.06. The molecule has 2 aromatic rings. The van der Waals surface area contributed by atoms with E-state index in [1.165, 1.54) is 21.2 Å². The van der Waals surface area contributed by atoms with Crippen molar-refractivity contribution in [3.63, 3.8) is 0 Å². The summed E-state index contributed by atoms with van der Waals surface area (Å²) in [6, 6.07) is 14.3. The molecule has 86 valence electrons. The molecule has 0 bridgehead atoms. The van der Waals surface area contributed by atoms with Crippen LogP contribution >= 0.6 is 34.2 Å². The first kappa shape index (κ1) is 12.6. The fourth-order valence-electron chi connectivity index (χ4n) is 1.55. The topological polar surface area (TPSA) is 0 Å². The SMILES string of the molecule is Fc1ccc(C(=CCl)c2ccc(I)cc2)cc1. The first-order valence-electron chi connectivity index (χ1n) is 5.03. The Labute approximate surface area is 118 Å². The molecule has 0 aliphatic heterocycles. The average Bonchev–Trinajstić information content (AvgIpc) is 2.35. The van der Waals surface area contributed by atoms with E-state index >= 15 is 0 Å². The third-order valence-corrected chi connectivity index (χ3v) is 3.36. The third kappa shape index (κ3) is 3.07. The maximum absolute atomic E-state index is 12.9. The van der Waals surface area contributed by atoms with Crippen LogP contribution in [-0.4, -0.2) is 0 Å². The van der Waals surface area contributed by atoms with Crippen LogP contribution < -0.4 is 0 Å². The lowest BCUT2D eigenvalue weighted by atomic mass is 10.00. The van der Waals surface area contributed by atoms with Gasteiger partial charge in [-0.2, -0.15) is 0 Å². The number of rotatable bonds is 2. The van der Waals surface area contributed by atoms with Gasteiger partial charge in [-0.05, 0) is 58.0 Å². The van der Waals surface area contributed by atoms with Gasteiger partial charge in [0.15, 0.2) is 0 Å². The molecule has 3 heteroatoms. The van der Waals surface area contributed by atoms with Gasteiger partial charge in [0.05, 0.1) is 0 Å². The van der Waals surface area contributed by atoms with Crippen molar-refractivity contribution in [2.24, 2.45) is 0 Å². The molecule has 0 nitrogen and oxygen atoms in total. The molecule has 0 saturated heterocycles. The summed E-state index contributed by atoms with van der Waals surface area (Å²) in [6.45, 7) is 0. The van der Waals surface area contributed by atoms with E-state index in [2.05, 4.69) is 22.6 Å². The molecule has 0 atom stereocenters. The molecule has 0 N–H and O–H groups in total. The lowest BCUT2D eigenvalue weighted by Gasteiger charge is -2.07. The Balaban J connectivity index is 2.41. The quantitative estimate of drug-likeness (QED) is 0.658. The van der Waals surface area contributed by atoms with E-state index in [9.17, 15) is 4.39 Å². The van der Waals surface area contributed by atoms with Crippen molar-refractivity contribution < 1.29 is 4.39 Å². The normalized spacial score (nSPS) is 11.6. The minimum Gasteiger partial charge on any atom is -0.207 e. The first-order chi connectivity index (χ1) is 8.20. The van der Waals surface area contributed by atoms with Gasteiger partial charge in [-0.25, -0.2) is 4.39 Å². The molecule has 0 saturated carbocycles. The zero-order valence-corrected chi connectivity index (χ0v) is 11.7. The molecule has 0 aliphatic rings. The van der Waals surface area contributed by atoms with Crippen molar-refractivity contribution in [3.8, 4) is 0 Å². The van der Waals surface area contributed by atoms with Crippen molar-refractivity contribution in [3.05, 3.63) is 74.6 Å². The highest BCUT2D eigenvalue weighted by Gasteiger charge is 2.04. The zero-order valence-electron chi connectivity index (χ0n) is 8.83. The Kier molecular flexibility index (Phi) is 4.18. The van der Waals surface area contributed by atoms with Crippen LogP contribution in [0.2, 0.25) is 0 Å². The van der Waals surface area contributed by atoms with Gasteiger partial charge in [0, 0.05) is 14.7 Å². The molecule has 0 heterocycles. The van der Waals surface area contributed by atoms with Crippen LogP contribution in [0, 0.1) is 9.39 Å². The molecular weight excluding hydrogens is 350 g/mol. The van der Waals surface area contributed by atoms with Crippen LogP contribution in [0.15, 0.2) is 54.1 Å². The van der Waals surface area contributed by atoms with Crippen LogP contribution in [0.4, 0.5) is 4.39 Å². The minimum absolute atomic E-state index is 0.245. The largest absolute Gasteiger partial charge is 0.207 e. The van der Waals surface area contributed by atoms with E-state index in [0.717, 1.165) is 16.7 Å². The summed E-state index contributed by atoms with van der Waals surface area (Å²) < 4.78 is 14.0. The van der Waals surface area contributed by atoms with Crippen LogP contribution in [0.1, 0.15) is 11.1 Å². The molecule has 0 aliphatic carbocycles. The van der Waals surface area contributed by atoms with E-state index in [0.29, 0.717) is 0 Å². The molecule has 0 aromatic heterocycles. The Morgan fingerprint density at radius 2 is 1.41 bits per heavy atom. The van der Waals surface area contributed by atoms with Gasteiger partial charge in [-0.1, -0.05) is 35.9 Å². The van der Waals surface area contributed by atoms with E-state index in [1.54, 1.807) is 12.1 Å². The van der Waals surface area contributed by atoms with Crippen LogP contribution in [0.5, 0.6) is 0 Å². The van der Waals surface area contributed by atoms with Crippen molar-refractivity contribution in [1.29, 1.82) is 0 Å². The smallest absolute Gasteiger partial charge is 0.123 e. The Bertz CT molecular complexity index is 482. The number of halogens is 3. The Morgan fingerprint density at radius 1 is 0.941 bits per heavy atom. The molecule has 0 unspecified atom stereocenters. The first-order valence-corrected chi connectivity index (χ1v) is 6.54. The highest BCUT2D eigenvalue weighted by atomic mass is 127. The third-order valence-electron chi connectivity index (χ3n) is 2.42. The fourth-order valence-corrected chi connectivity index (χ4v) is 2.16. The molecule has 0 spiro atoms. The molecule has 0 amide bonds. The predicted molar refractivity (Wildman–Crippen MR) is 78.5 cm³/mol. The second-order valence-electron chi connectivity index (χ2n) is 3.54. The van der Waals surface area contributed by atoms with Gasteiger partial charge in [0.25, 0.3) is 0 Å². The maximum atomic E-state index is 12.9. The van der Waals surface area contributed by atoms with Gasteiger partial charge < -0.3 is 0 Å². The molecular formula is C14H9ClFI. The summed E-state index contributed by atoms with van der Waals surface area (Å²) in [5, 5.41) is 0. The van der Waals surface area contributed by atoms with Crippen molar-refractivity contribution in [2.45, 2.75) is 0 Å². The molecule has 0 fully saturated rings. The van der Waals surface area contributed by atoms with Crippen molar-refractivity contribution in [2.75, 3.05) is 0 Å². The average molecular weight is 359 g/mol.